The molecule has 0 aliphatic rings. The van der Waals surface area contributed by atoms with Crippen molar-refractivity contribution in [2.45, 2.75) is 32.7 Å². The standard InChI is InChI=1S/C23H25N3O/c1-23(2,3)20-11-7-8-12-21(20)26-22(27)18-13-19(16-24-15-18)25-14-17-9-5-4-6-10-17/h4-13,15-16,25H,14H2,1-3H3,(H,26,27). The smallest absolute Gasteiger partial charge is 0.257 e. The minimum atomic E-state index is -0.164. The van der Waals surface area contributed by atoms with Crippen LogP contribution in [0.2, 0.25) is 0 Å². The summed E-state index contributed by atoms with van der Waals surface area (Å²) < 4.78 is 0. The lowest BCUT2D eigenvalue weighted by Crippen LogP contribution is -2.19. The van der Waals surface area contributed by atoms with E-state index in [9.17, 15) is 4.79 Å². The molecule has 0 unspecified atom stereocenters. The first-order chi connectivity index (χ1) is 12.9. The summed E-state index contributed by atoms with van der Waals surface area (Å²) in [5.74, 6) is -0.164. The molecule has 0 fully saturated rings. The Morgan fingerprint density at radius 3 is 2.41 bits per heavy atom. The summed E-state index contributed by atoms with van der Waals surface area (Å²) in [6, 6.07) is 19.8. The number of carbonyl (C=O) groups is 1. The Balaban J connectivity index is 1.73. The quantitative estimate of drug-likeness (QED) is 0.655. The van der Waals surface area contributed by atoms with Crippen LogP contribution in [0, 0.1) is 0 Å². The van der Waals surface area contributed by atoms with Crippen LogP contribution in [0.1, 0.15) is 42.3 Å². The second-order valence-corrected chi connectivity index (χ2v) is 7.55. The van der Waals surface area contributed by atoms with Gasteiger partial charge in [0.25, 0.3) is 5.91 Å². The molecular formula is C23H25N3O. The monoisotopic (exact) mass is 359 g/mol. The zero-order chi connectivity index (χ0) is 19.3. The largest absolute Gasteiger partial charge is 0.380 e. The molecule has 2 N–H and O–H groups in total. The van der Waals surface area contributed by atoms with Crippen molar-refractivity contribution < 1.29 is 4.79 Å². The van der Waals surface area contributed by atoms with Gasteiger partial charge < -0.3 is 10.6 Å². The minimum Gasteiger partial charge on any atom is -0.380 e. The highest BCUT2D eigenvalue weighted by atomic mass is 16.1. The van der Waals surface area contributed by atoms with Gasteiger partial charge in [-0.1, -0.05) is 69.3 Å². The van der Waals surface area contributed by atoms with Gasteiger partial charge in [-0.05, 0) is 28.7 Å². The first-order valence-corrected chi connectivity index (χ1v) is 9.07. The van der Waals surface area contributed by atoms with E-state index in [0.717, 1.165) is 16.9 Å². The van der Waals surface area contributed by atoms with Gasteiger partial charge in [-0.2, -0.15) is 0 Å². The summed E-state index contributed by atoms with van der Waals surface area (Å²) in [6.07, 6.45) is 3.31. The average molecular weight is 359 g/mol. The molecule has 4 nitrogen and oxygen atoms in total. The number of para-hydroxylation sites is 1. The van der Waals surface area contributed by atoms with E-state index in [1.165, 1.54) is 5.56 Å². The average Bonchev–Trinajstić information content (AvgIpc) is 2.67. The van der Waals surface area contributed by atoms with Gasteiger partial charge in [-0.3, -0.25) is 9.78 Å². The van der Waals surface area contributed by atoms with Gasteiger partial charge in [-0.25, -0.2) is 0 Å². The van der Waals surface area contributed by atoms with E-state index in [1.54, 1.807) is 12.4 Å². The molecule has 0 saturated carbocycles. The number of hydrogen-bond donors (Lipinski definition) is 2. The fraction of sp³-hybridized carbons (Fsp3) is 0.217. The highest BCUT2D eigenvalue weighted by Gasteiger charge is 2.19. The molecule has 1 amide bonds. The Morgan fingerprint density at radius 2 is 1.67 bits per heavy atom. The maximum absolute atomic E-state index is 12.7. The molecule has 27 heavy (non-hydrogen) atoms. The normalized spacial score (nSPS) is 11.1. The highest BCUT2D eigenvalue weighted by Crippen LogP contribution is 2.29. The van der Waals surface area contributed by atoms with Gasteiger partial charge in [0, 0.05) is 24.6 Å². The van der Waals surface area contributed by atoms with Crippen LogP contribution in [-0.4, -0.2) is 10.9 Å². The van der Waals surface area contributed by atoms with E-state index in [1.807, 2.05) is 48.5 Å². The molecule has 1 heterocycles. The van der Waals surface area contributed by atoms with Crippen LogP contribution in [0.15, 0.2) is 73.1 Å². The van der Waals surface area contributed by atoms with Gasteiger partial charge in [0.2, 0.25) is 0 Å². The Labute approximate surface area is 160 Å². The number of rotatable bonds is 5. The Hall–Kier alpha value is -3.14. The number of nitrogens with one attached hydrogen (secondary N) is 2. The molecule has 0 aliphatic heterocycles. The topological polar surface area (TPSA) is 54.0 Å². The predicted molar refractivity (Wildman–Crippen MR) is 111 cm³/mol. The number of benzene rings is 2. The molecule has 4 heteroatoms. The van der Waals surface area contributed by atoms with E-state index < -0.39 is 0 Å². The van der Waals surface area contributed by atoms with E-state index in [2.05, 4.69) is 48.5 Å². The lowest BCUT2D eigenvalue weighted by molar-refractivity contribution is 0.102. The first-order valence-electron chi connectivity index (χ1n) is 9.07. The van der Waals surface area contributed by atoms with Crippen molar-refractivity contribution >= 4 is 17.3 Å². The SMILES string of the molecule is CC(C)(C)c1ccccc1NC(=O)c1cncc(NCc2ccccc2)c1. The van der Waals surface area contributed by atoms with Crippen molar-refractivity contribution in [1.29, 1.82) is 0 Å². The number of hydrogen-bond acceptors (Lipinski definition) is 3. The molecule has 3 aromatic rings. The fourth-order valence-electron chi connectivity index (χ4n) is 2.90. The summed E-state index contributed by atoms with van der Waals surface area (Å²) in [5.41, 5.74) is 4.39. The Morgan fingerprint density at radius 1 is 0.963 bits per heavy atom. The van der Waals surface area contributed by atoms with Crippen LogP contribution in [0.25, 0.3) is 0 Å². The van der Waals surface area contributed by atoms with Crippen molar-refractivity contribution in [3.63, 3.8) is 0 Å². The molecule has 0 saturated heterocycles. The van der Waals surface area contributed by atoms with E-state index in [-0.39, 0.29) is 11.3 Å². The van der Waals surface area contributed by atoms with Crippen molar-refractivity contribution in [1.82, 2.24) is 4.98 Å². The van der Waals surface area contributed by atoms with E-state index >= 15 is 0 Å². The van der Waals surface area contributed by atoms with Crippen LogP contribution in [0.4, 0.5) is 11.4 Å². The summed E-state index contributed by atoms with van der Waals surface area (Å²) in [4.78, 5) is 16.9. The van der Waals surface area contributed by atoms with Gasteiger partial charge in [0.1, 0.15) is 0 Å². The number of pyridine rings is 1. The molecular weight excluding hydrogens is 334 g/mol. The van der Waals surface area contributed by atoms with Crippen molar-refractivity contribution in [3.05, 3.63) is 89.7 Å². The molecule has 0 spiro atoms. The third-order valence-corrected chi connectivity index (χ3v) is 4.32. The van der Waals surface area contributed by atoms with Gasteiger partial charge in [0.15, 0.2) is 0 Å². The number of aromatic nitrogens is 1. The number of carbonyl (C=O) groups excluding carboxylic acids is 1. The molecule has 0 radical (unpaired) electrons. The van der Waals surface area contributed by atoms with Gasteiger partial charge in [0.05, 0.1) is 11.3 Å². The van der Waals surface area contributed by atoms with Crippen LogP contribution in [0.3, 0.4) is 0 Å². The molecule has 0 aliphatic carbocycles. The Bertz CT molecular complexity index is 914. The zero-order valence-corrected chi connectivity index (χ0v) is 16.0. The predicted octanol–water partition coefficient (Wildman–Crippen LogP) is 5.24. The maximum atomic E-state index is 12.7. The van der Waals surface area contributed by atoms with Crippen LogP contribution in [-0.2, 0) is 12.0 Å². The maximum Gasteiger partial charge on any atom is 0.257 e. The molecule has 3 rings (SSSR count). The van der Waals surface area contributed by atoms with Crippen LogP contribution < -0.4 is 10.6 Å². The molecule has 0 atom stereocenters. The van der Waals surface area contributed by atoms with E-state index in [4.69, 9.17) is 0 Å². The number of nitrogens with zero attached hydrogens (tertiary/aromatic N) is 1. The van der Waals surface area contributed by atoms with Crippen LogP contribution >= 0.6 is 0 Å². The second-order valence-electron chi connectivity index (χ2n) is 7.55. The lowest BCUT2D eigenvalue weighted by atomic mass is 9.86. The fourth-order valence-corrected chi connectivity index (χ4v) is 2.90. The molecule has 2 aromatic carbocycles. The van der Waals surface area contributed by atoms with Crippen molar-refractivity contribution in [2.24, 2.45) is 0 Å². The summed E-state index contributed by atoms with van der Waals surface area (Å²) in [7, 11) is 0. The van der Waals surface area contributed by atoms with Gasteiger partial charge >= 0.3 is 0 Å². The van der Waals surface area contributed by atoms with Crippen LogP contribution in [0.5, 0.6) is 0 Å². The number of anilines is 2. The molecule has 0 bridgehead atoms. The second kappa shape index (κ2) is 8.04. The Kier molecular flexibility index (Phi) is 5.55. The summed E-state index contributed by atoms with van der Waals surface area (Å²) in [6.45, 7) is 7.08. The summed E-state index contributed by atoms with van der Waals surface area (Å²) in [5, 5.41) is 6.34. The minimum absolute atomic E-state index is 0.0544. The van der Waals surface area contributed by atoms with Crippen molar-refractivity contribution in [3.8, 4) is 0 Å². The lowest BCUT2D eigenvalue weighted by Gasteiger charge is -2.23. The van der Waals surface area contributed by atoms with Crippen molar-refractivity contribution in [2.75, 3.05) is 10.6 Å². The third-order valence-electron chi connectivity index (χ3n) is 4.32. The first kappa shape index (κ1) is 18.6. The zero-order valence-electron chi connectivity index (χ0n) is 16.0. The highest BCUT2D eigenvalue weighted by molar-refractivity contribution is 6.05. The summed E-state index contributed by atoms with van der Waals surface area (Å²) >= 11 is 0. The number of amides is 1. The van der Waals surface area contributed by atoms with E-state index in [0.29, 0.717) is 12.1 Å². The van der Waals surface area contributed by atoms with Gasteiger partial charge in [-0.15, -0.1) is 0 Å². The molecule has 1 aromatic heterocycles. The molecule has 138 valence electrons. The third kappa shape index (κ3) is 4.94.